The molecule has 0 bridgehead atoms. The molecule has 0 aromatic heterocycles. The lowest BCUT2D eigenvalue weighted by molar-refractivity contribution is -0.171. The first kappa shape index (κ1) is 19.0. The van der Waals surface area contributed by atoms with Gasteiger partial charge in [-0.3, -0.25) is 4.79 Å². The van der Waals surface area contributed by atoms with Gasteiger partial charge in [0.05, 0.1) is 0 Å². The lowest BCUT2D eigenvalue weighted by Gasteiger charge is -2.04. The average Bonchev–Trinajstić information content (AvgIpc) is 2.61. The molecule has 0 amide bonds. The Bertz CT molecular complexity index is 685. The molecule has 0 saturated carbocycles. The fourth-order valence-corrected chi connectivity index (χ4v) is 2.50. The van der Waals surface area contributed by atoms with E-state index in [1.165, 1.54) is 5.56 Å². The molecule has 2 aromatic carbocycles. The third kappa shape index (κ3) is 6.57. The summed E-state index contributed by atoms with van der Waals surface area (Å²) in [5, 5.41) is 0. The van der Waals surface area contributed by atoms with E-state index in [0.717, 1.165) is 24.0 Å². The number of halogens is 3. The van der Waals surface area contributed by atoms with Crippen molar-refractivity contribution in [2.24, 2.45) is 0 Å². The predicted octanol–water partition coefficient (Wildman–Crippen LogP) is 6.45. The van der Waals surface area contributed by atoms with Gasteiger partial charge in [-0.15, -0.1) is 0 Å². The Kier molecular flexibility index (Phi) is 6.99. The van der Waals surface area contributed by atoms with Crippen LogP contribution in [0.3, 0.4) is 0 Å². The second-order valence-electron chi connectivity index (χ2n) is 5.91. The second kappa shape index (κ2) is 9.21. The number of benzene rings is 2. The third-order valence-electron chi connectivity index (χ3n) is 3.92. The maximum atomic E-state index is 12.0. The fourth-order valence-electron chi connectivity index (χ4n) is 2.50. The summed E-state index contributed by atoms with van der Waals surface area (Å²) in [7, 11) is 0. The van der Waals surface area contributed by atoms with Crippen molar-refractivity contribution in [3.63, 3.8) is 0 Å². The summed E-state index contributed by atoms with van der Waals surface area (Å²) < 4.78 is 36.1. The van der Waals surface area contributed by atoms with Crippen LogP contribution < -0.4 is 0 Å². The highest BCUT2D eigenvalue weighted by Crippen LogP contribution is 2.21. The van der Waals surface area contributed by atoms with E-state index in [1.54, 1.807) is 0 Å². The molecule has 0 fully saturated rings. The zero-order valence-corrected chi connectivity index (χ0v) is 13.9. The molecule has 2 rings (SSSR count). The van der Waals surface area contributed by atoms with Gasteiger partial charge in [0.25, 0.3) is 0 Å². The summed E-state index contributed by atoms with van der Waals surface area (Å²) in [6, 6.07) is 18.3. The van der Waals surface area contributed by atoms with Crippen molar-refractivity contribution in [1.82, 2.24) is 0 Å². The van der Waals surface area contributed by atoms with Crippen molar-refractivity contribution in [3.05, 3.63) is 66.2 Å². The number of carbonyl (C=O) groups is 1. The van der Waals surface area contributed by atoms with Crippen molar-refractivity contribution in [1.29, 1.82) is 0 Å². The first-order chi connectivity index (χ1) is 12.0. The smallest absolute Gasteiger partial charge is 0.290 e. The molecule has 0 heterocycles. The van der Waals surface area contributed by atoms with Crippen LogP contribution in [-0.2, 0) is 4.79 Å². The summed E-state index contributed by atoms with van der Waals surface area (Å²) in [4.78, 5) is 10.7. The zero-order chi connectivity index (χ0) is 18.1. The highest BCUT2D eigenvalue weighted by molar-refractivity contribution is 5.83. The summed E-state index contributed by atoms with van der Waals surface area (Å²) in [5.41, 5.74) is 3.42. The summed E-state index contributed by atoms with van der Waals surface area (Å²) >= 11 is 0. The molecule has 0 aliphatic heterocycles. The van der Waals surface area contributed by atoms with E-state index in [9.17, 15) is 18.0 Å². The van der Waals surface area contributed by atoms with E-state index >= 15 is 0 Å². The van der Waals surface area contributed by atoms with Gasteiger partial charge in [-0.05, 0) is 36.0 Å². The number of hydrogen-bond donors (Lipinski definition) is 0. The lowest BCUT2D eigenvalue weighted by atomic mass is 10.0. The van der Waals surface area contributed by atoms with Crippen molar-refractivity contribution in [2.45, 2.75) is 38.3 Å². The van der Waals surface area contributed by atoms with E-state index in [-0.39, 0.29) is 6.42 Å². The molecule has 0 unspecified atom stereocenters. The minimum Gasteiger partial charge on any atom is -0.290 e. The molecular formula is C21H21F3O. The largest absolute Gasteiger partial charge is 0.449 e. The summed E-state index contributed by atoms with van der Waals surface area (Å²) in [6.45, 7) is 0. The monoisotopic (exact) mass is 346 g/mol. The first-order valence-corrected chi connectivity index (χ1v) is 8.39. The van der Waals surface area contributed by atoms with Crippen molar-refractivity contribution >= 4 is 11.9 Å². The highest BCUT2D eigenvalue weighted by atomic mass is 19.4. The molecule has 132 valence electrons. The second-order valence-corrected chi connectivity index (χ2v) is 5.91. The van der Waals surface area contributed by atoms with Crippen molar-refractivity contribution < 1.29 is 18.0 Å². The van der Waals surface area contributed by atoms with Crippen LogP contribution in [-0.4, -0.2) is 12.0 Å². The van der Waals surface area contributed by atoms with Gasteiger partial charge in [0.15, 0.2) is 0 Å². The molecule has 1 nitrogen and oxygen atoms in total. The lowest BCUT2D eigenvalue weighted by Crippen LogP contribution is -2.22. The maximum absolute atomic E-state index is 12.0. The van der Waals surface area contributed by atoms with Crippen LogP contribution in [0.5, 0.6) is 0 Å². The van der Waals surface area contributed by atoms with Crippen LogP contribution in [0.15, 0.2) is 60.7 Å². The minimum absolute atomic E-state index is 0.290. The molecular weight excluding hydrogens is 325 g/mol. The number of rotatable bonds is 8. The third-order valence-corrected chi connectivity index (χ3v) is 3.92. The maximum Gasteiger partial charge on any atom is 0.449 e. The molecule has 0 spiro atoms. The van der Waals surface area contributed by atoms with Crippen LogP contribution in [0.1, 0.15) is 37.7 Å². The van der Waals surface area contributed by atoms with Crippen LogP contribution in [0.2, 0.25) is 0 Å². The summed E-state index contributed by atoms with van der Waals surface area (Å²) in [6.07, 6.45) is 1.42. The SMILES string of the molecule is O=C(CCCCCC=Cc1ccc(-c2ccccc2)cc1)C(F)(F)F. The Balaban J connectivity index is 1.69. The van der Waals surface area contributed by atoms with Gasteiger partial charge in [0.1, 0.15) is 0 Å². The number of hydrogen-bond acceptors (Lipinski definition) is 1. The van der Waals surface area contributed by atoms with Crippen molar-refractivity contribution in [2.75, 3.05) is 0 Å². The fraction of sp³-hybridized carbons (Fsp3) is 0.286. The molecule has 25 heavy (non-hydrogen) atoms. The van der Waals surface area contributed by atoms with E-state index in [0.29, 0.717) is 6.42 Å². The summed E-state index contributed by atoms with van der Waals surface area (Å²) in [5.74, 6) is -1.62. The minimum atomic E-state index is -4.69. The Morgan fingerprint density at radius 1 is 0.840 bits per heavy atom. The molecule has 0 atom stereocenters. The van der Waals surface area contributed by atoms with E-state index in [4.69, 9.17) is 0 Å². The number of alkyl halides is 3. The Morgan fingerprint density at radius 2 is 1.48 bits per heavy atom. The standard InChI is InChI=1S/C21H21F3O/c22-21(23,24)20(25)12-8-3-1-2-5-9-17-13-15-19(16-14-17)18-10-6-4-7-11-18/h4-7,9-11,13-16H,1-3,8,12H2. The number of carbonyl (C=O) groups excluding carboxylic acids is 1. The number of ketones is 1. The van der Waals surface area contributed by atoms with E-state index in [1.807, 2.05) is 42.5 Å². The number of Topliss-reactive ketones (excluding diaryl/α,β-unsaturated/α-hetero) is 1. The average molecular weight is 346 g/mol. The Labute approximate surface area is 146 Å². The van der Waals surface area contributed by atoms with Gasteiger partial charge in [0.2, 0.25) is 5.78 Å². The van der Waals surface area contributed by atoms with Gasteiger partial charge in [-0.25, -0.2) is 0 Å². The molecule has 2 aromatic rings. The van der Waals surface area contributed by atoms with E-state index in [2.05, 4.69) is 24.3 Å². The van der Waals surface area contributed by atoms with Crippen LogP contribution in [0.4, 0.5) is 13.2 Å². The van der Waals surface area contributed by atoms with Gasteiger partial charge in [-0.2, -0.15) is 13.2 Å². The first-order valence-electron chi connectivity index (χ1n) is 8.39. The van der Waals surface area contributed by atoms with Gasteiger partial charge in [-0.1, -0.05) is 73.2 Å². The number of allylic oxidation sites excluding steroid dienone is 1. The van der Waals surface area contributed by atoms with Gasteiger partial charge >= 0.3 is 6.18 Å². The zero-order valence-electron chi connectivity index (χ0n) is 13.9. The Hall–Kier alpha value is -2.36. The van der Waals surface area contributed by atoms with Crippen molar-refractivity contribution in [3.8, 4) is 11.1 Å². The highest BCUT2D eigenvalue weighted by Gasteiger charge is 2.36. The molecule has 0 aliphatic rings. The molecule has 0 aliphatic carbocycles. The van der Waals surface area contributed by atoms with Gasteiger partial charge < -0.3 is 0 Å². The van der Waals surface area contributed by atoms with Crippen LogP contribution in [0, 0.1) is 0 Å². The molecule has 4 heteroatoms. The molecule has 0 radical (unpaired) electrons. The molecule has 0 saturated heterocycles. The molecule has 0 N–H and O–H groups in total. The quantitative estimate of drug-likeness (QED) is 0.502. The topological polar surface area (TPSA) is 17.1 Å². The number of unbranched alkanes of at least 4 members (excludes halogenated alkanes) is 3. The predicted molar refractivity (Wildman–Crippen MR) is 95.1 cm³/mol. The van der Waals surface area contributed by atoms with Crippen LogP contribution >= 0.6 is 0 Å². The normalized spacial score (nSPS) is 11.8. The Morgan fingerprint density at radius 3 is 2.12 bits per heavy atom. The van der Waals surface area contributed by atoms with Crippen LogP contribution in [0.25, 0.3) is 17.2 Å². The van der Waals surface area contributed by atoms with Gasteiger partial charge in [0, 0.05) is 6.42 Å². The van der Waals surface area contributed by atoms with E-state index < -0.39 is 18.4 Å².